The van der Waals surface area contributed by atoms with E-state index >= 15 is 0 Å². The lowest BCUT2D eigenvalue weighted by atomic mass is 10.1. The van der Waals surface area contributed by atoms with Gasteiger partial charge in [-0.15, -0.1) is 0 Å². The van der Waals surface area contributed by atoms with Gasteiger partial charge in [0.05, 0.1) is 22.5 Å². The van der Waals surface area contributed by atoms with Gasteiger partial charge in [0, 0.05) is 12.0 Å². The third-order valence-electron chi connectivity index (χ3n) is 4.99. The molecule has 1 aliphatic rings. The SMILES string of the molecule is CCc1nc(SC2Cc3ccccc3C2=O)c2cnn(-c3ccccc3)c2n1. The number of thioether (sulfide) groups is 1. The molecule has 0 saturated heterocycles. The second-order valence-corrected chi connectivity index (χ2v) is 7.95. The van der Waals surface area contributed by atoms with Crippen molar-refractivity contribution in [3.05, 3.63) is 77.7 Å². The molecule has 2 aromatic heterocycles. The number of benzene rings is 2. The highest BCUT2D eigenvalue weighted by molar-refractivity contribution is 8.00. The number of fused-ring (bicyclic) bond motifs is 2. The predicted octanol–water partition coefficient (Wildman–Crippen LogP) is 4.28. The van der Waals surface area contributed by atoms with Crippen LogP contribution in [0.1, 0.15) is 28.7 Å². The Bertz CT molecular complexity index is 1190. The molecule has 4 aromatic rings. The minimum Gasteiger partial charge on any atom is -0.293 e. The molecule has 138 valence electrons. The molecule has 2 aromatic carbocycles. The van der Waals surface area contributed by atoms with E-state index < -0.39 is 0 Å². The van der Waals surface area contributed by atoms with Gasteiger partial charge in [0.25, 0.3) is 0 Å². The van der Waals surface area contributed by atoms with E-state index in [4.69, 9.17) is 9.97 Å². The summed E-state index contributed by atoms with van der Waals surface area (Å²) >= 11 is 1.53. The lowest BCUT2D eigenvalue weighted by molar-refractivity contribution is 0.1000. The Hall–Kier alpha value is -2.99. The number of carbonyl (C=O) groups is 1. The van der Waals surface area contributed by atoms with Crippen LogP contribution in [0, 0.1) is 0 Å². The highest BCUT2D eigenvalue weighted by Crippen LogP contribution is 2.36. The lowest BCUT2D eigenvalue weighted by Crippen LogP contribution is -2.12. The molecule has 1 atom stereocenters. The Kier molecular flexibility index (Phi) is 4.20. The molecule has 0 saturated carbocycles. The Morgan fingerprint density at radius 2 is 1.86 bits per heavy atom. The number of ketones is 1. The third kappa shape index (κ3) is 2.81. The van der Waals surface area contributed by atoms with E-state index in [1.54, 1.807) is 6.20 Å². The van der Waals surface area contributed by atoms with E-state index in [9.17, 15) is 4.79 Å². The van der Waals surface area contributed by atoms with E-state index in [0.717, 1.165) is 51.5 Å². The van der Waals surface area contributed by atoms with Crippen molar-refractivity contribution in [2.75, 3.05) is 0 Å². The van der Waals surface area contributed by atoms with Crippen LogP contribution in [0.2, 0.25) is 0 Å². The molecule has 0 radical (unpaired) electrons. The molecule has 0 amide bonds. The smallest absolute Gasteiger partial charge is 0.176 e. The Morgan fingerprint density at radius 1 is 1.07 bits per heavy atom. The van der Waals surface area contributed by atoms with Crippen molar-refractivity contribution in [1.82, 2.24) is 19.7 Å². The lowest BCUT2D eigenvalue weighted by Gasteiger charge is -2.10. The molecule has 0 spiro atoms. The minimum atomic E-state index is -0.153. The van der Waals surface area contributed by atoms with Gasteiger partial charge < -0.3 is 0 Å². The molecule has 28 heavy (non-hydrogen) atoms. The second-order valence-electron chi connectivity index (χ2n) is 6.76. The monoisotopic (exact) mass is 386 g/mol. The van der Waals surface area contributed by atoms with Gasteiger partial charge in [0.15, 0.2) is 11.4 Å². The van der Waals surface area contributed by atoms with Gasteiger partial charge in [0.2, 0.25) is 0 Å². The molecule has 5 rings (SSSR count). The van der Waals surface area contributed by atoms with Gasteiger partial charge in [-0.05, 0) is 24.1 Å². The fourth-order valence-corrected chi connectivity index (χ4v) is 4.76. The fraction of sp³-hybridized carbons (Fsp3) is 0.182. The molecule has 0 N–H and O–H groups in total. The Labute approximate surface area is 166 Å². The van der Waals surface area contributed by atoms with Crippen LogP contribution < -0.4 is 0 Å². The first-order valence-electron chi connectivity index (χ1n) is 9.33. The maximum absolute atomic E-state index is 12.8. The topological polar surface area (TPSA) is 60.7 Å². The standard InChI is InChI=1S/C22H18N4OS/c1-2-19-24-21-17(13-23-26(21)15-9-4-3-5-10-15)22(25-19)28-18-12-14-8-6-7-11-16(14)20(18)27/h3-11,13,18H,2,12H2,1H3. The van der Waals surface area contributed by atoms with Crippen LogP contribution in [0.5, 0.6) is 0 Å². The van der Waals surface area contributed by atoms with Crippen LogP contribution in [0.25, 0.3) is 16.7 Å². The van der Waals surface area contributed by atoms with Gasteiger partial charge in [-0.3, -0.25) is 4.79 Å². The zero-order valence-electron chi connectivity index (χ0n) is 15.4. The first-order chi connectivity index (χ1) is 13.7. The van der Waals surface area contributed by atoms with Crippen molar-refractivity contribution in [2.45, 2.75) is 30.0 Å². The van der Waals surface area contributed by atoms with E-state index in [-0.39, 0.29) is 11.0 Å². The van der Waals surface area contributed by atoms with Crippen molar-refractivity contribution >= 4 is 28.6 Å². The fourth-order valence-electron chi connectivity index (χ4n) is 3.57. The van der Waals surface area contributed by atoms with Crippen LogP contribution in [0.3, 0.4) is 0 Å². The molecule has 1 unspecified atom stereocenters. The van der Waals surface area contributed by atoms with Crippen molar-refractivity contribution in [3.8, 4) is 5.69 Å². The maximum atomic E-state index is 12.8. The summed E-state index contributed by atoms with van der Waals surface area (Å²) in [7, 11) is 0. The number of carbonyl (C=O) groups excluding carboxylic acids is 1. The Morgan fingerprint density at radius 3 is 2.64 bits per heavy atom. The molecule has 5 nitrogen and oxygen atoms in total. The summed E-state index contributed by atoms with van der Waals surface area (Å²) in [6.45, 7) is 2.04. The zero-order valence-corrected chi connectivity index (χ0v) is 16.2. The summed E-state index contributed by atoms with van der Waals surface area (Å²) in [5.41, 5.74) is 3.69. The highest BCUT2D eigenvalue weighted by atomic mass is 32.2. The van der Waals surface area contributed by atoms with E-state index in [0.29, 0.717) is 0 Å². The summed E-state index contributed by atoms with van der Waals surface area (Å²) in [5, 5.41) is 6.11. The van der Waals surface area contributed by atoms with Crippen LogP contribution in [0.15, 0.2) is 65.8 Å². The molecule has 1 aliphatic carbocycles. The second kappa shape index (κ2) is 6.87. The van der Waals surface area contributed by atoms with Crippen LogP contribution in [-0.4, -0.2) is 30.8 Å². The number of para-hydroxylation sites is 1. The van der Waals surface area contributed by atoms with E-state index in [1.165, 1.54) is 11.8 Å². The van der Waals surface area contributed by atoms with Crippen molar-refractivity contribution in [3.63, 3.8) is 0 Å². The molecule has 0 bridgehead atoms. The summed E-state index contributed by atoms with van der Waals surface area (Å²) in [4.78, 5) is 22.3. The third-order valence-corrected chi connectivity index (χ3v) is 6.19. The summed E-state index contributed by atoms with van der Waals surface area (Å²) in [6, 6.07) is 17.8. The van der Waals surface area contributed by atoms with Gasteiger partial charge in [-0.2, -0.15) is 5.10 Å². The quantitative estimate of drug-likeness (QED) is 0.490. The predicted molar refractivity (Wildman–Crippen MR) is 110 cm³/mol. The number of aromatic nitrogens is 4. The summed E-state index contributed by atoms with van der Waals surface area (Å²) < 4.78 is 1.84. The van der Waals surface area contributed by atoms with E-state index in [2.05, 4.69) is 5.10 Å². The molecule has 0 aliphatic heterocycles. The van der Waals surface area contributed by atoms with Crippen molar-refractivity contribution in [2.24, 2.45) is 0 Å². The Balaban J connectivity index is 1.57. The zero-order chi connectivity index (χ0) is 19.1. The summed E-state index contributed by atoms with van der Waals surface area (Å²) in [6.07, 6.45) is 3.26. The minimum absolute atomic E-state index is 0.153. The number of nitrogens with zero attached hydrogens (tertiary/aromatic N) is 4. The van der Waals surface area contributed by atoms with Gasteiger partial charge in [0.1, 0.15) is 10.9 Å². The normalized spacial score (nSPS) is 15.9. The van der Waals surface area contributed by atoms with Crippen molar-refractivity contribution in [1.29, 1.82) is 0 Å². The molecule has 2 heterocycles. The molecule has 6 heteroatoms. The highest BCUT2D eigenvalue weighted by Gasteiger charge is 2.32. The molecular weight excluding hydrogens is 368 g/mol. The average Bonchev–Trinajstić information content (AvgIpc) is 3.30. The molecule has 0 fully saturated rings. The number of rotatable bonds is 4. The number of Topliss-reactive ketones (excluding diaryl/α,β-unsaturated/α-hetero) is 1. The van der Waals surface area contributed by atoms with Gasteiger partial charge in [-0.1, -0.05) is 61.2 Å². The van der Waals surface area contributed by atoms with Crippen LogP contribution in [0.4, 0.5) is 0 Å². The van der Waals surface area contributed by atoms with Gasteiger partial charge in [-0.25, -0.2) is 14.6 Å². The van der Waals surface area contributed by atoms with E-state index in [1.807, 2.05) is 66.2 Å². The number of hydrogen-bond acceptors (Lipinski definition) is 5. The first kappa shape index (κ1) is 17.1. The van der Waals surface area contributed by atoms with Gasteiger partial charge >= 0.3 is 0 Å². The van der Waals surface area contributed by atoms with Crippen LogP contribution >= 0.6 is 11.8 Å². The number of hydrogen-bond donors (Lipinski definition) is 0. The summed E-state index contributed by atoms with van der Waals surface area (Å²) in [5.74, 6) is 0.941. The maximum Gasteiger partial charge on any atom is 0.176 e. The molecular formula is C22H18N4OS. The van der Waals surface area contributed by atoms with Crippen molar-refractivity contribution < 1.29 is 4.79 Å². The first-order valence-corrected chi connectivity index (χ1v) is 10.2. The largest absolute Gasteiger partial charge is 0.293 e. The van der Waals surface area contributed by atoms with Crippen LogP contribution in [-0.2, 0) is 12.8 Å². The number of aryl methyl sites for hydroxylation is 1. The average molecular weight is 386 g/mol.